The van der Waals surface area contributed by atoms with Crippen molar-refractivity contribution in [3.05, 3.63) is 17.5 Å². The van der Waals surface area contributed by atoms with Gasteiger partial charge in [-0.3, -0.25) is 4.68 Å². The lowest BCUT2D eigenvalue weighted by molar-refractivity contribution is -0.294. The zero-order valence-corrected chi connectivity index (χ0v) is 11.5. The van der Waals surface area contributed by atoms with Gasteiger partial charge in [-0.15, -0.1) is 0 Å². The van der Waals surface area contributed by atoms with Gasteiger partial charge in [0.1, 0.15) is 0 Å². The Morgan fingerprint density at radius 1 is 1.50 bits per heavy atom. The molecule has 102 valence electrons. The minimum atomic E-state index is -0.716. The van der Waals surface area contributed by atoms with Gasteiger partial charge in [0, 0.05) is 18.5 Å². The van der Waals surface area contributed by atoms with Crippen LogP contribution >= 0.6 is 0 Å². The highest BCUT2D eigenvalue weighted by atomic mass is 16.7. The van der Waals surface area contributed by atoms with Gasteiger partial charge in [0.15, 0.2) is 12.6 Å². The number of hydrogen-bond donors (Lipinski definition) is 1. The molecule has 0 saturated carbocycles. The van der Waals surface area contributed by atoms with E-state index in [1.54, 1.807) is 0 Å². The number of aryl methyl sites for hydroxylation is 2. The Hall–Kier alpha value is -0.910. The molecule has 5 nitrogen and oxygen atoms in total. The normalized spacial score (nSPS) is 30.4. The maximum atomic E-state index is 9.57. The first kappa shape index (κ1) is 13.5. The van der Waals surface area contributed by atoms with Gasteiger partial charge >= 0.3 is 0 Å². The van der Waals surface area contributed by atoms with Gasteiger partial charge in [0.2, 0.25) is 0 Å². The highest BCUT2D eigenvalue weighted by molar-refractivity contribution is 5.07. The molecule has 1 aromatic rings. The van der Waals surface area contributed by atoms with E-state index in [1.807, 2.05) is 25.5 Å². The Morgan fingerprint density at radius 3 is 2.78 bits per heavy atom. The molecule has 18 heavy (non-hydrogen) atoms. The molecule has 0 radical (unpaired) electrons. The minimum absolute atomic E-state index is 0.0337. The smallest absolute Gasteiger partial charge is 0.163 e. The summed E-state index contributed by atoms with van der Waals surface area (Å²) >= 11 is 0. The van der Waals surface area contributed by atoms with Gasteiger partial charge < -0.3 is 14.6 Å². The number of hydrogen-bond acceptors (Lipinski definition) is 4. The second-order valence-electron chi connectivity index (χ2n) is 5.16. The van der Waals surface area contributed by atoms with Gasteiger partial charge in [-0.1, -0.05) is 0 Å². The summed E-state index contributed by atoms with van der Waals surface area (Å²) in [5.41, 5.74) is 2.14. The average molecular weight is 254 g/mol. The molecule has 0 spiro atoms. The molecule has 5 heteroatoms. The largest absolute Gasteiger partial charge is 0.368 e. The molecule has 2 rings (SSSR count). The minimum Gasteiger partial charge on any atom is -0.368 e. The molecular formula is C13H22N2O3. The highest BCUT2D eigenvalue weighted by Gasteiger charge is 2.28. The van der Waals surface area contributed by atoms with E-state index in [4.69, 9.17) is 9.47 Å². The summed E-state index contributed by atoms with van der Waals surface area (Å²) in [5, 5.41) is 14.0. The number of rotatable bonds is 3. The summed E-state index contributed by atoms with van der Waals surface area (Å²) in [6.07, 6.45) is 0.175. The first-order valence-corrected chi connectivity index (χ1v) is 6.47. The number of nitrogens with zero attached hydrogens (tertiary/aromatic N) is 2. The molecule has 1 aliphatic rings. The molecule has 1 aromatic heterocycles. The van der Waals surface area contributed by atoms with Crippen molar-refractivity contribution in [1.29, 1.82) is 0 Å². The molecule has 1 fully saturated rings. The maximum absolute atomic E-state index is 9.57. The zero-order valence-electron chi connectivity index (χ0n) is 11.5. The Kier molecular flexibility index (Phi) is 4.04. The van der Waals surface area contributed by atoms with Crippen molar-refractivity contribution < 1.29 is 14.6 Å². The molecule has 1 N–H and O–H groups in total. The van der Waals surface area contributed by atoms with Crippen molar-refractivity contribution in [3.8, 4) is 0 Å². The van der Waals surface area contributed by atoms with Crippen LogP contribution in [0.15, 0.2) is 6.07 Å². The van der Waals surface area contributed by atoms with Crippen LogP contribution in [0.5, 0.6) is 0 Å². The summed E-state index contributed by atoms with van der Waals surface area (Å²) in [6.45, 7) is 8.05. The van der Waals surface area contributed by atoms with E-state index in [0.717, 1.165) is 11.4 Å². The van der Waals surface area contributed by atoms with Crippen LogP contribution in [0, 0.1) is 13.8 Å². The van der Waals surface area contributed by atoms with Crippen molar-refractivity contribution >= 4 is 0 Å². The van der Waals surface area contributed by atoms with Crippen LogP contribution < -0.4 is 0 Å². The number of aromatic nitrogens is 2. The van der Waals surface area contributed by atoms with Crippen molar-refractivity contribution in [2.24, 2.45) is 0 Å². The summed E-state index contributed by atoms with van der Waals surface area (Å²) < 4.78 is 13.0. The molecule has 2 heterocycles. The zero-order chi connectivity index (χ0) is 13.3. The molecular weight excluding hydrogens is 232 g/mol. The van der Waals surface area contributed by atoms with Gasteiger partial charge in [-0.05, 0) is 33.8 Å². The van der Waals surface area contributed by atoms with Crippen LogP contribution in [0.3, 0.4) is 0 Å². The van der Waals surface area contributed by atoms with Gasteiger partial charge in [-0.25, -0.2) is 0 Å². The molecule has 1 saturated heterocycles. The molecule has 4 atom stereocenters. The lowest BCUT2D eigenvalue weighted by Crippen LogP contribution is -2.38. The molecule has 0 aliphatic carbocycles. The first-order chi connectivity index (χ1) is 8.45. The fraction of sp³-hybridized carbons (Fsp3) is 0.769. The van der Waals surface area contributed by atoms with Crippen LogP contribution in [0.4, 0.5) is 0 Å². The third kappa shape index (κ3) is 3.10. The van der Waals surface area contributed by atoms with Gasteiger partial charge in [-0.2, -0.15) is 5.10 Å². The van der Waals surface area contributed by atoms with Crippen LogP contribution in [0.25, 0.3) is 0 Å². The summed E-state index contributed by atoms with van der Waals surface area (Å²) in [7, 11) is 0. The van der Waals surface area contributed by atoms with E-state index in [0.29, 0.717) is 12.8 Å². The van der Waals surface area contributed by atoms with E-state index in [9.17, 15) is 5.11 Å². The second kappa shape index (κ2) is 5.38. The second-order valence-corrected chi connectivity index (χ2v) is 5.16. The van der Waals surface area contributed by atoms with E-state index in [-0.39, 0.29) is 18.4 Å². The van der Waals surface area contributed by atoms with Crippen molar-refractivity contribution in [2.45, 2.75) is 65.3 Å². The topological polar surface area (TPSA) is 56.5 Å². The summed E-state index contributed by atoms with van der Waals surface area (Å²) in [6, 6.07) is 2.23. The predicted molar refractivity (Wildman–Crippen MR) is 67.1 cm³/mol. The Labute approximate surface area is 108 Å². The monoisotopic (exact) mass is 254 g/mol. The summed E-state index contributed by atoms with van der Waals surface area (Å²) in [4.78, 5) is 0. The maximum Gasteiger partial charge on any atom is 0.163 e. The van der Waals surface area contributed by atoms with Gasteiger partial charge in [0.25, 0.3) is 0 Å². The van der Waals surface area contributed by atoms with Crippen LogP contribution in [0.1, 0.15) is 44.1 Å². The van der Waals surface area contributed by atoms with Crippen LogP contribution in [-0.4, -0.2) is 33.6 Å². The lowest BCUT2D eigenvalue weighted by atomic mass is 10.2. The number of aliphatic hydroxyl groups is 1. The van der Waals surface area contributed by atoms with Crippen molar-refractivity contribution in [3.63, 3.8) is 0 Å². The van der Waals surface area contributed by atoms with E-state index < -0.39 is 6.29 Å². The van der Waals surface area contributed by atoms with E-state index >= 15 is 0 Å². The lowest BCUT2D eigenvalue weighted by Gasteiger charge is -2.33. The van der Waals surface area contributed by atoms with Gasteiger partial charge in [0.05, 0.1) is 17.8 Å². The SMILES string of the molecule is Cc1cc(C)n(C(C)CC2OC(C)CC(O)O2)n1. The molecule has 4 unspecified atom stereocenters. The fourth-order valence-electron chi connectivity index (χ4n) is 2.44. The van der Waals surface area contributed by atoms with Crippen LogP contribution in [0.2, 0.25) is 0 Å². The van der Waals surface area contributed by atoms with Crippen molar-refractivity contribution in [1.82, 2.24) is 9.78 Å². The third-order valence-electron chi connectivity index (χ3n) is 3.22. The van der Waals surface area contributed by atoms with Crippen molar-refractivity contribution in [2.75, 3.05) is 0 Å². The fourth-order valence-corrected chi connectivity index (χ4v) is 2.44. The quantitative estimate of drug-likeness (QED) is 0.895. The number of ether oxygens (including phenoxy) is 2. The molecule has 0 bridgehead atoms. The van der Waals surface area contributed by atoms with E-state index in [1.165, 1.54) is 0 Å². The number of aliphatic hydroxyl groups excluding tert-OH is 1. The Bertz CT molecular complexity index is 395. The standard InChI is InChI=1S/C13H22N2O3/c1-8-5-9(2)15(14-8)10(3)6-13-17-11(4)7-12(16)18-13/h5,10-13,16H,6-7H2,1-4H3. The van der Waals surface area contributed by atoms with E-state index in [2.05, 4.69) is 18.1 Å². The predicted octanol–water partition coefficient (Wildman–Crippen LogP) is 1.92. The average Bonchev–Trinajstić information content (AvgIpc) is 2.56. The molecule has 0 aromatic carbocycles. The Balaban J connectivity index is 1.98. The summed E-state index contributed by atoms with van der Waals surface area (Å²) in [5.74, 6) is 0. The van der Waals surface area contributed by atoms with Crippen LogP contribution in [-0.2, 0) is 9.47 Å². The Morgan fingerprint density at radius 2 is 2.22 bits per heavy atom. The first-order valence-electron chi connectivity index (χ1n) is 6.47. The third-order valence-corrected chi connectivity index (χ3v) is 3.22. The highest BCUT2D eigenvalue weighted by Crippen LogP contribution is 2.24. The molecule has 1 aliphatic heterocycles. The molecule has 0 amide bonds.